The van der Waals surface area contributed by atoms with Gasteiger partial charge in [0.25, 0.3) is 0 Å². The highest BCUT2D eigenvalue weighted by Gasteiger charge is 1.99. The predicted octanol–water partition coefficient (Wildman–Crippen LogP) is 2.02. The molecule has 0 aliphatic carbocycles. The van der Waals surface area contributed by atoms with Gasteiger partial charge in [-0.15, -0.1) is 0 Å². The van der Waals surface area contributed by atoms with Gasteiger partial charge < -0.3 is 10.6 Å². The standard InChI is InChI=1S/C11H16ClN3/c1-8-4-5-10(12)6-9(8)7-14-11(13)15(2)3/h4-6H,7H2,1-3H3,(H2,13,14). The molecule has 1 aromatic rings. The minimum atomic E-state index is 0.523. The second-order valence-electron chi connectivity index (χ2n) is 3.64. The van der Waals surface area contributed by atoms with Crippen molar-refractivity contribution in [2.45, 2.75) is 13.5 Å². The lowest BCUT2D eigenvalue weighted by atomic mass is 10.1. The third-order valence-electron chi connectivity index (χ3n) is 2.18. The van der Waals surface area contributed by atoms with Crippen molar-refractivity contribution in [3.63, 3.8) is 0 Å². The van der Waals surface area contributed by atoms with E-state index in [0.29, 0.717) is 12.5 Å². The van der Waals surface area contributed by atoms with E-state index in [1.165, 1.54) is 5.56 Å². The highest BCUT2D eigenvalue weighted by atomic mass is 35.5. The van der Waals surface area contributed by atoms with Crippen LogP contribution in [0.1, 0.15) is 11.1 Å². The average molecular weight is 226 g/mol. The number of hydrogen-bond acceptors (Lipinski definition) is 1. The maximum absolute atomic E-state index is 5.90. The van der Waals surface area contributed by atoms with E-state index in [-0.39, 0.29) is 0 Å². The quantitative estimate of drug-likeness (QED) is 0.618. The molecule has 0 aromatic heterocycles. The van der Waals surface area contributed by atoms with Gasteiger partial charge in [0.15, 0.2) is 5.96 Å². The van der Waals surface area contributed by atoms with Gasteiger partial charge in [0, 0.05) is 19.1 Å². The van der Waals surface area contributed by atoms with Crippen LogP contribution >= 0.6 is 11.6 Å². The van der Waals surface area contributed by atoms with E-state index in [4.69, 9.17) is 17.3 Å². The van der Waals surface area contributed by atoms with Crippen LogP contribution in [-0.2, 0) is 6.54 Å². The van der Waals surface area contributed by atoms with E-state index in [1.54, 1.807) is 4.90 Å². The maximum Gasteiger partial charge on any atom is 0.191 e. The Kier molecular flexibility index (Phi) is 3.97. The molecule has 0 saturated heterocycles. The minimum Gasteiger partial charge on any atom is -0.370 e. The van der Waals surface area contributed by atoms with E-state index >= 15 is 0 Å². The molecule has 3 nitrogen and oxygen atoms in total. The van der Waals surface area contributed by atoms with Gasteiger partial charge in [-0.3, -0.25) is 0 Å². The Morgan fingerprint density at radius 1 is 1.47 bits per heavy atom. The Morgan fingerprint density at radius 3 is 2.73 bits per heavy atom. The lowest BCUT2D eigenvalue weighted by Crippen LogP contribution is -2.30. The van der Waals surface area contributed by atoms with Crippen molar-refractivity contribution in [3.05, 3.63) is 34.3 Å². The molecule has 0 radical (unpaired) electrons. The van der Waals surface area contributed by atoms with Gasteiger partial charge in [0.05, 0.1) is 6.54 Å². The smallest absolute Gasteiger partial charge is 0.191 e. The summed E-state index contributed by atoms with van der Waals surface area (Å²) in [6, 6.07) is 5.78. The zero-order valence-electron chi connectivity index (χ0n) is 9.29. The molecule has 82 valence electrons. The van der Waals surface area contributed by atoms with Crippen molar-refractivity contribution in [2.24, 2.45) is 10.7 Å². The number of aliphatic imine (C=N–C) groups is 1. The van der Waals surface area contributed by atoms with Crippen LogP contribution < -0.4 is 5.73 Å². The molecule has 2 N–H and O–H groups in total. The predicted molar refractivity (Wildman–Crippen MR) is 65.2 cm³/mol. The first-order valence-electron chi connectivity index (χ1n) is 4.73. The number of halogens is 1. The molecule has 0 amide bonds. The fourth-order valence-electron chi connectivity index (χ4n) is 1.12. The Hall–Kier alpha value is -1.22. The van der Waals surface area contributed by atoms with Crippen LogP contribution in [0.3, 0.4) is 0 Å². The largest absolute Gasteiger partial charge is 0.370 e. The van der Waals surface area contributed by atoms with E-state index < -0.39 is 0 Å². The number of rotatable bonds is 2. The molecule has 0 heterocycles. The van der Waals surface area contributed by atoms with Crippen LogP contribution in [0.4, 0.5) is 0 Å². The molecule has 0 fully saturated rings. The van der Waals surface area contributed by atoms with Crippen molar-refractivity contribution >= 4 is 17.6 Å². The molecular formula is C11H16ClN3. The molecule has 0 saturated carbocycles. The van der Waals surface area contributed by atoms with Crippen LogP contribution in [-0.4, -0.2) is 25.0 Å². The SMILES string of the molecule is Cc1ccc(Cl)cc1CN=C(N)N(C)C. The lowest BCUT2D eigenvalue weighted by molar-refractivity contribution is 0.609. The summed E-state index contributed by atoms with van der Waals surface area (Å²) in [5, 5.41) is 0.731. The van der Waals surface area contributed by atoms with Crippen LogP contribution in [0.2, 0.25) is 5.02 Å². The van der Waals surface area contributed by atoms with Gasteiger partial charge in [0.2, 0.25) is 0 Å². The minimum absolute atomic E-state index is 0.523. The Morgan fingerprint density at radius 2 is 2.13 bits per heavy atom. The van der Waals surface area contributed by atoms with Crippen molar-refractivity contribution in [2.75, 3.05) is 14.1 Å². The monoisotopic (exact) mass is 225 g/mol. The molecule has 0 aliphatic rings. The number of aryl methyl sites for hydroxylation is 1. The first-order chi connectivity index (χ1) is 7.00. The third-order valence-corrected chi connectivity index (χ3v) is 2.42. The highest BCUT2D eigenvalue weighted by molar-refractivity contribution is 6.30. The summed E-state index contributed by atoms with van der Waals surface area (Å²) in [6.07, 6.45) is 0. The van der Waals surface area contributed by atoms with Gasteiger partial charge in [-0.25, -0.2) is 4.99 Å². The van der Waals surface area contributed by atoms with E-state index in [9.17, 15) is 0 Å². The van der Waals surface area contributed by atoms with Crippen LogP contribution in [0.5, 0.6) is 0 Å². The van der Waals surface area contributed by atoms with Gasteiger partial charge in [0.1, 0.15) is 0 Å². The van der Waals surface area contributed by atoms with Crippen LogP contribution in [0, 0.1) is 6.92 Å². The first-order valence-corrected chi connectivity index (χ1v) is 5.11. The Bertz CT molecular complexity index is 372. The first kappa shape index (κ1) is 11.9. The molecule has 0 bridgehead atoms. The van der Waals surface area contributed by atoms with Gasteiger partial charge in [-0.2, -0.15) is 0 Å². The summed E-state index contributed by atoms with van der Waals surface area (Å²) in [7, 11) is 3.73. The van der Waals surface area contributed by atoms with Crippen molar-refractivity contribution in [1.29, 1.82) is 0 Å². The van der Waals surface area contributed by atoms with Gasteiger partial charge >= 0.3 is 0 Å². The second kappa shape index (κ2) is 5.03. The Labute approximate surface area is 95.6 Å². The zero-order chi connectivity index (χ0) is 11.4. The number of benzene rings is 1. The van der Waals surface area contributed by atoms with E-state index in [2.05, 4.69) is 4.99 Å². The number of nitrogens with two attached hydrogens (primary N) is 1. The van der Waals surface area contributed by atoms with Crippen molar-refractivity contribution in [1.82, 2.24) is 4.90 Å². The molecule has 1 rings (SSSR count). The second-order valence-corrected chi connectivity index (χ2v) is 4.08. The molecular weight excluding hydrogens is 210 g/mol. The van der Waals surface area contributed by atoms with Crippen LogP contribution in [0.15, 0.2) is 23.2 Å². The molecule has 1 aromatic carbocycles. The molecule has 4 heteroatoms. The summed E-state index contributed by atoms with van der Waals surface area (Å²) in [5.74, 6) is 0.523. The number of nitrogens with zero attached hydrogens (tertiary/aromatic N) is 2. The summed E-state index contributed by atoms with van der Waals surface area (Å²) in [5.41, 5.74) is 7.98. The molecule has 15 heavy (non-hydrogen) atoms. The Balaban J connectivity index is 2.81. The summed E-state index contributed by atoms with van der Waals surface area (Å²) >= 11 is 5.90. The summed E-state index contributed by atoms with van der Waals surface area (Å²) in [6.45, 7) is 2.60. The molecule has 0 aliphatic heterocycles. The third kappa shape index (κ3) is 3.44. The molecule has 0 atom stereocenters. The number of guanidine groups is 1. The van der Waals surface area contributed by atoms with E-state index in [0.717, 1.165) is 10.6 Å². The van der Waals surface area contributed by atoms with Crippen LogP contribution in [0.25, 0.3) is 0 Å². The summed E-state index contributed by atoms with van der Waals surface area (Å²) in [4.78, 5) is 6.04. The van der Waals surface area contributed by atoms with E-state index in [1.807, 2.05) is 39.2 Å². The molecule has 0 spiro atoms. The topological polar surface area (TPSA) is 41.6 Å². The van der Waals surface area contributed by atoms with Gasteiger partial charge in [-0.05, 0) is 30.2 Å². The molecule has 0 unspecified atom stereocenters. The van der Waals surface area contributed by atoms with Crippen molar-refractivity contribution in [3.8, 4) is 0 Å². The zero-order valence-corrected chi connectivity index (χ0v) is 10.0. The summed E-state index contributed by atoms with van der Waals surface area (Å²) < 4.78 is 0. The van der Waals surface area contributed by atoms with Gasteiger partial charge in [-0.1, -0.05) is 17.7 Å². The highest BCUT2D eigenvalue weighted by Crippen LogP contribution is 2.16. The van der Waals surface area contributed by atoms with Crippen molar-refractivity contribution < 1.29 is 0 Å². The number of hydrogen-bond donors (Lipinski definition) is 1. The average Bonchev–Trinajstić information content (AvgIpc) is 2.18. The normalized spacial score (nSPS) is 11.6. The lowest BCUT2D eigenvalue weighted by Gasteiger charge is -2.11. The fraction of sp³-hybridized carbons (Fsp3) is 0.364. The fourth-order valence-corrected chi connectivity index (χ4v) is 1.31. The maximum atomic E-state index is 5.90.